The maximum atomic E-state index is 11.7. The molecule has 1 aliphatic heterocycles. The van der Waals surface area contributed by atoms with Crippen molar-refractivity contribution in [2.45, 2.75) is 19.9 Å². The summed E-state index contributed by atoms with van der Waals surface area (Å²) in [5.74, 6) is -0.957. The molecule has 1 saturated heterocycles. The molecule has 2 atom stereocenters. The lowest BCUT2D eigenvalue weighted by atomic mass is 9.85. The average molecular weight is 273 g/mol. The van der Waals surface area contributed by atoms with Crippen LogP contribution in [-0.4, -0.2) is 67.9 Å². The van der Waals surface area contributed by atoms with Crippen LogP contribution < -0.4 is 10.6 Å². The molecule has 0 aliphatic carbocycles. The molecule has 0 bridgehead atoms. The third kappa shape index (κ3) is 4.07. The number of hydrogen-bond donors (Lipinski definition) is 3. The van der Waals surface area contributed by atoms with Gasteiger partial charge >= 0.3 is 12.0 Å². The number of ether oxygens (including phenoxy) is 1. The van der Waals surface area contributed by atoms with Crippen molar-refractivity contribution >= 4 is 12.0 Å². The minimum atomic E-state index is -1.06. The Morgan fingerprint density at radius 1 is 1.53 bits per heavy atom. The Morgan fingerprint density at radius 2 is 2.21 bits per heavy atom. The predicted octanol–water partition coefficient (Wildman–Crippen LogP) is -0.273. The van der Waals surface area contributed by atoms with E-state index in [-0.39, 0.29) is 19.2 Å². The van der Waals surface area contributed by atoms with Crippen molar-refractivity contribution in [2.75, 3.05) is 39.9 Å². The molecule has 0 aromatic rings. The van der Waals surface area contributed by atoms with Crippen molar-refractivity contribution in [3.05, 3.63) is 0 Å². The van der Waals surface area contributed by atoms with Gasteiger partial charge in [0.15, 0.2) is 0 Å². The molecule has 1 aliphatic rings. The number of rotatable bonds is 6. The van der Waals surface area contributed by atoms with E-state index in [1.807, 2.05) is 14.0 Å². The van der Waals surface area contributed by atoms with Crippen LogP contribution in [0.25, 0.3) is 0 Å². The molecule has 110 valence electrons. The van der Waals surface area contributed by atoms with E-state index in [1.165, 1.54) is 0 Å². The van der Waals surface area contributed by atoms with Crippen molar-refractivity contribution in [3.8, 4) is 0 Å². The molecule has 3 N–H and O–H groups in total. The highest BCUT2D eigenvalue weighted by Gasteiger charge is 2.47. The number of aliphatic carboxylic acids is 1. The van der Waals surface area contributed by atoms with Crippen molar-refractivity contribution < 1.29 is 19.4 Å². The summed E-state index contributed by atoms with van der Waals surface area (Å²) in [6.07, 6.45) is 0. The Bertz CT molecular complexity index is 337. The fraction of sp³-hybridized carbons (Fsp3) is 0.833. The first-order chi connectivity index (χ1) is 8.90. The number of amides is 2. The van der Waals surface area contributed by atoms with Gasteiger partial charge in [-0.1, -0.05) is 6.92 Å². The number of nitrogens with one attached hydrogen (secondary N) is 2. The normalized spacial score (nSPS) is 26.4. The summed E-state index contributed by atoms with van der Waals surface area (Å²) in [6, 6.07) is -0.860. The number of nitrogens with zero attached hydrogens (tertiary/aromatic N) is 1. The second kappa shape index (κ2) is 6.72. The number of carbonyl (C=O) groups is 2. The van der Waals surface area contributed by atoms with Crippen LogP contribution in [0.1, 0.15) is 13.8 Å². The van der Waals surface area contributed by atoms with Crippen LogP contribution in [0.5, 0.6) is 0 Å². The zero-order chi connectivity index (χ0) is 14.5. The lowest BCUT2D eigenvalue weighted by Gasteiger charge is -2.25. The van der Waals surface area contributed by atoms with E-state index in [4.69, 9.17) is 4.74 Å². The standard InChI is InChI=1S/C12H23N3O4/c1-4-15(3)6-5-13-11(18)14-9-7-19-8-12(9,2)10(16)17/h9H,4-8H2,1-3H3,(H,16,17)(H2,13,14,18). The van der Waals surface area contributed by atoms with Crippen LogP contribution in [0.2, 0.25) is 0 Å². The highest BCUT2D eigenvalue weighted by Crippen LogP contribution is 2.28. The lowest BCUT2D eigenvalue weighted by molar-refractivity contribution is -0.148. The number of urea groups is 1. The summed E-state index contributed by atoms with van der Waals surface area (Å²) in [4.78, 5) is 25.0. The van der Waals surface area contributed by atoms with Gasteiger partial charge in [-0.25, -0.2) is 4.79 Å². The van der Waals surface area contributed by atoms with E-state index in [0.717, 1.165) is 13.1 Å². The maximum Gasteiger partial charge on any atom is 0.315 e. The zero-order valence-corrected chi connectivity index (χ0v) is 11.7. The first-order valence-electron chi connectivity index (χ1n) is 6.44. The smallest absolute Gasteiger partial charge is 0.315 e. The van der Waals surface area contributed by atoms with Crippen molar-refractivity contribution in [1.82, 2.24) is 15.5 Å². The van der Waals surface area contributed by atoms with Gasteiger partial charge in [-0.3, -0.25) is 4.79 Å². The van der Waals surface area contributed by atoms with Crippen molar-refractivity contribution in [3.63, 3.8) is 0 Å². The summed E-state index contributed by atoms with van der Waals surface area (Å²) in [7, 11) is 1.96. The van der Waals surface area contributed by atoms with E-state index in [9.17, 15) is 14.7 Å². The quantitative estimate of drug-likeness (QED) is 0.619. The van der Waals surface area contributed by atoms with E-state index in [2.05, 4.69) is 15.5 Å². The highest BCUT2D eigenvalue weighted by molar-refractivity contribution is 5.79. The second-order valence-electron chi connectivity index (χ2n) is 5.09. The molecule has 0 aromatic heterocycles. The van der Waals surface area contributed by atoms with Gasteiger partial charge in [0.05, 0.1) is 19.3 Å². The minimum absolute atomic E-state index is 0.117. The maximum absolute atomic E-state index is 11.7. The minimum Gasteiger partial charge on any atom is -0.481 e. The van der Waals surface area contributed by atoms with Crippen LogP contribution in [0.4, 0.5) is 4.79 Å². The van der Waals surface area contributed by atoms with Crippen LogP contribution in [0.3, 0.4) is 0 Å². The SMILES string of the molecule is CCN(C)CCNC(=O)NC1COCC1(C)C(=O)O. The Hall–Kier alpha value is -1.34. The molecule has 0 aromatic carbocycles. The molecule has 1 heterocycles. The first kappa shape index (κ1) is 15.7. The second-order valence-corrected chi connectivity index (χ2v) is 5.09. The van der Waals surface area contributed by atoms with E-state index >= 15 is 0 Å². The molecule has 0 saturated carbocycles. The summed E-state index contributed by atoms with van der Waals surface area (Å²) < 4.78 is 5.16. The van der Waals surface area contributed by atoms with Gasteiger partial charge in [0.2, 0.25) is 0 Å². The summed E-state index contributed by atoms with van der Waals surface area (Å²) in [5, 5.41) is 14.6. The molecule has 2 unspecified atom stereocenters. The number of carboxylic acid groups (broad SMARTS) is 1. The first-order valence-corrected chi connectivity index (χ1v) is 6.44. The number of hydrogen-bond acceptors (Lipinski definition) is 4. The Labute approximate surface area is 113 Å². The van der Waals surface area contributed by atoms with Gasteiger partial charge in [0.25, 0.3) is 0 Å². The Kier molecular flexibility index (Phi) is 5.56. The number of likely N-dealkylation sites (N-methyl/N-ethyl adjacent to an activating group) is 1. The predicted molar refractivity (Wildman–Crippen MR) is 70.1 cm³/mol. The number of carbonyl (C=O) groups excluding carboxylic acids is 1. The van der Waals surface area contributed by atoms with Gasteiger partial charge in [0.1, 0.15) is 5.41 Å². The van der Waals surface area contributed by atoms with Crippen LogP contribution in [-0.2, 0) is 9.53 Å². The molecule has 19 heavy (non-hydrogen) atoms. The highest BCUT2D eigenvalue weighted by atomic mass is 16.5. The molecular formula is C12H23N3O4. The molecule has 2 amide bonds. The molecule has 1 rings (SSSR count). The van der Waals surface area contributed by atoms with Crippen LogP contribution in [0.15, 0.2) is 0 Å². The topological polar surface area (TPSA) is 90.9 Å². The zero-order valence-electron chi connectivity index (χ0n) is 11.7. The summed E-state index contributed by atoms with van der Waals surface area (Å²) >= 11 is 0. The molecule has 1 fully saturated rings. The fourth-order valence-corrected chi connectivity index (χ4v) is 1.81. The average Bonchev–Trinajstić information content (AvgIpc) is 2.72. The van der Waals surface area contributed by atoms with E-state index in [0.29, 0.717) is 6.54 Å². The number of carboxylic acids is 1. The fourth-order valence-electron chi connectivity index (χ4n) is 1.81. The van der Waals surface area contributed by atoms with Gasteiger partial charge in [-0.2, -0.15) is 0 Å². The van der Waals surface area contributed by atoms with E-state index < -0.39 is 17.4 Å². The largest absolute Gasteiger partial charge is 0.481 e. The summed E-state index contributed by atoms with van der Waals surface area (Å²) in [6.45, 7) is 6.15. The van der Waals surface area contributed by atoms with Crippen molar-refractivity contribution in [1.29, 1.82) is 0 Å². The van der Waals surface area contributed by atoms with Crippen molar-refractivity contribution in [2.24, 2.45) is 5.41 Å². The third-order valence-electron chi connectivity index (χ3n) is 3.57. The Morgan fingerprint density at radius 3 is 2.79 bits per heavy atom. The third-order valence-corrected chi connectivity index (χ3v) is 3.57. The van der Waals surface area contributed by atoms with Crippen LogP contribution in [0, 0.1) is 5.41 Å². The van der Waals surface area contributed by atoms with Gasteiger partial charge in [0, 0.05) is 13.1 Å². The van der Waals surface area contributed by atoms with E-state index in [1.54, 1.807) is 6.92 Å². The van der Waals surface area contributed by atoms with Crippen LogP contribution >= 0.6 is 0 Å². The lowest BCUT2D eigenvalue weighted by Crippen LogP contribution is -2.53. The molecule has 0 radical (unpaired) electrons. The molecule has 0 spiro atoms. The molecule has 7 heteroatoms. The molecular weight excluding hydrogens is 250 g/mol. The Balaban J connectivity index is 2.38. The summed E-state index contributed by atoms with van der Waals surface area (Å²) in [5.41, 5.74) is -1.06. The van der Waals surface area contributed by atoms with Gasteiger partial charge < -0.3 is 25.4 Å². The van der Waals surface area contributed by atoms with Gasteiger partial charge in [-0.15, -0.1) is 0 Å². The monoisotopic (exact) mass is 273 g/mol. The van der Waals surface area contributed by atoms with Gasteiger partial charge in [-0.05, 0) is 20.5 Å². The molecule has 7 nitrogen and oxygen atoms in total.